The molecule has 0 unspecified atom stereocenters. The van der Waals surface area contributed by atoms with Gasteiger partial charge in [-0.2, -0.15) is 0 Å². The molecule has 1 aromatic heterocycles. The lowest BCUT2D eigenvalue weighted by Crippen LogP contribution is -2.53. The largest absolute Gasteiger partial charge is 0.344 e. The number of halogens is 1. The van der Waals surface area contributed by atoms with Gasteiger partial charge in [0.15, 0.2) is 0 Å². The zero-order valence-corrected chi connectivity index (χ0v) is 23.3. The lowest BCUT2D eigenvalue weighted by Gasteiger charge is -2.35. The molecule has 8 nitrogen and oxygen atoms in total. The summed E-state index contributed by atoms with van der Waals surface area (Å²) >= 11 is 0. The predicted octanol–water partition coefficient (Wildman–Crippen LogP) is 3.80. The van der Waals surface area contributed by atoms with Crippen molar-refractivity contribution in [1.82, 2.24) is 25.1 Å². The fourth-order valence-electron chi connectivity index (χ4n) is 6.27. The SMILES string of the molecule is Cl.O=C(N[C@H](Cc1cccc2ccccc12)C(=O)N1CCC(n2c(=O)[nH]c3ccccc32)CC1)C1CCNCC1. The summed E-state index contributed by atoms with van der Waals surface area (Å²) in [6.07, 6.45) is 3.39. The summed E-state index contributed by atoms with van der Waals surface area (Å²) in [6.45, 7) is 2.73. The van der Waals surface area contributed by atoms with Gasteiger partial charge in [-0.1, -0.05) is 54.6 Å². The lowest BCUT2D eigenvalue weighted by atomic mass is 9.94. The summed E-state index contributed by atoms with van der Waals surface area (Å²) in [6, 6.07) is 21.4. The number of piperidine rings is 2. The van der Waals surface area contributed by atoms with Crippen molar-refractivity contribution >= 4 is 46.0 Å². The molecule has 2 amide bonds. The van der Waals surface area contributed by atoms with E-state index in [9.17, 15) is 14.4 Å². The summed E-state index contributed by atoms with van der Waals surface area (Å²) < 4.78 is 1.84. The molecule has 0 bridgehead atoms. The van der Waals surface area contributed by atoms with Crippen LogP contribution >= 0.6 is 12.4 Å². The summed E-state index contributed by atoms with van der Waals surface area (Å²) in [5.74, 6) is -0.154. The van der Waals surface area contributed by atoms with Crippen LogP contribution < -0.4 is 16.3 Å². The van der Waals surface area contributed by atoms with Crippen molar-refractivity contribution in [1.29, 1.82) is 0 Å². The van der Waals surface area contributed by atoms with Crippen molar-refractivity contribution < 1.29 is 9.59 Å². The minimum Gasteiger partial charge on any atom is -0.344 e. The number of aromatic amines is 1. The van der Waals surface area contributed by atoms with E-state index in [4.69, 9.17) is 0 Å². The van der Waals surface area contributed by atoms with E-state index < -0.39 is 6.04 Å². The maximum atomic E-state index is 14.0. The first-order chi connectivity index (χ1) is 19.1. The van der Waals surface area contributed by atoms with Gasteiger partial charge in [-0.3, -0.25) is 14.2 Å². The van der Waals surface area contributed by atoms with Crippen LogP contribution in [0.4, 0.5) is 0 Å². The second-order valence-corrected chi connectivity index (χ2v) is 10.8. The van der Waals surface area contributed by atoms with Gasteiger partial charge in [-0.05, 0) is 67.2 Å². The summed E-state index contributed by atoms with van der Waals surface area (Å²) in [7, 11) is 0. The molecule has 3 aromatic carbocycles. The number of nitrogens with one attached hydrogen (secondary N) is 3. The third kappa shape index (κ3) is 5.64. The molecule has 0 radical (unpaired) electrons. The Hall–Kier alpha value is -3.62. The summed E-state index contributed by atoms with van der Waals surface area (Å²) in [4.78, 5) is 44.8. The predicted molar refractivity (Wildman–Crippen MR) is 160 cm³/mol. The molecule has 9 heteroatoms. The second-order valence-electron chi connectivity index (χ2n) is 10.8. The van der Waals surface area contributed by atoms with Crippen molar-refractivity contribution in [2.75, 3.05) is 26.2 Å². The average Bonchev–Trinajstić information content (AvgIpc) is 3.32. The van der Waals surface area contributed by atoms with Gasteiger partial charge >= 0.3 is 5.69 Å². The van der Waals surface area contributed by atoms with Crippen molar-refractivity contribution in [2.45, 2.75) is 44.2 Å². The number of carbonyl (C=O) groups excluding carboxylic acids is 2. The van der Waals surface area contributed by atoms with Gasteiger partial charge in [0.2, 0.25) is 11.8 Å². The molecular formula is C31H36ClN5O3. The highest BCUT2D eigenvalue weighted by atomic mass is 35.5. The number of aromatic nitrogens is 2. The standard InChI is InChI=1S/C31H35N5O3.ClH/c37-29(22-12-16-32-17-13-22)33-27(20-23-8-5-7-21-6-1-2-9-25(21)23)30(38)35-18-14-24(15-19-35)36-28-11-4-3-10-26(28)34-31(36)39;/h1-11,22,24,27,32H,12-20H2,(H,33,37)(H,34,39);1H/t27-;/m1./s1. The van der Waals surface area contributed by atoms with Crippen LogP contribution in [-0.4, -0.2) is 58.5 Å². The van der Waals surface area contributed by atoms with Crippen LogP contribution in [-0.2, 0) is 16.0 Å². The van der Waals surface area contributed by atoms with E-state index in [-0.39, 0.29) is 41.9 Å². The topological polar surface area (TPSA) is 99.2 Å². The van der Waals surface area contributed by atoms with Gasteiger partial charge in [0.1, 0.15) is 6.04 Å². The molecule has 2 aliphatic heterocycles. The normalized spacial score (nSPS) is 17.4. The molecule has 0 saturated carbocycles. The number of hydrogen-bond acceptors (Lipinski definition) is 4. The van der Waals surface area contributed by atoms with E-state index in [0.29, 0.717) is 32.4 Å². The number of para-hydroxylation sites is 2. The quantitative estimate of drug-likeness (QED) is 0.333. The Balaban J connectivity index is 0.00000323. The van der Waals surface area contributed by atoms with Crippen molar-refractivity contribution in [3.63, 3.8) is 0 Å². The molecule has 4 aromatic rings. The van der Waals surface area contributed by atoms with Gasteiger partial charge < -0.3 is 20.5 Å². The lowest BCUT2D eigenvalue weighted by molar-refractivity contribution is -0.138. The van der Waals surface area contributed by atoms with Crippen LogP contribution in [0.2, 0.25) is 0 Å². The minimum atomic E-state index is -0.634. The highest BCUT2D eigenvalue weighted by Gasteiger charge is 2.33. The van der Waals surface area contributed by atoms with Crippen LogP contribution in [0.1, 0.15) is 37.3 Å². The molecule has 3 N–H and O–H groups in total. The zero-order valence-electron chi connectivity index (χ0n) is 22.5. The van der Waals surface area contributed by atoms with Crippen LogP contribution in [0.15, 0.2) is 71.5 Å². The number of rotatable bonds is 6. The minimum absolute atomic E-state index is 0. The fourth-order valence-corrected chi connectivity index (χ4v) is 6.27. The van der Waals surface area contributed by atoms with E-state index >= 15 is 0 Å². The Morgan fingerprint density at radius 3 is 2.40 bits per heavy atom. The molecule has 3 heterocycles. The van der Waals surface area contributed by atoms with Gasteiger partial charge in [0.25, 0.3) is 0 Å². The monoisotopic (exact) mass is 561 g/mol. The molecule has 210 valence electrons. The number of amides is 2. The Kier molecular flexibility index (Phi) is 8.57. The van der Waals surface area contributed by atoms with Crippen molar-refractivity contribution in [3.05, 3.63) is 82.8 Å². The number of hydrogen-bond donors (Lipinski definition) is 3. The number of fused-ring (bicyclic) bond motifs is 2. The maximum Gasteiger partial charge on any atom is 0.326 e. The van der Waals surface area contributed by atoms with Gasteiger partial charge in [0, 0.05) is 31.5 Å². The molecular weight excluding hydrogens is 526 g/mol. The Labute approximate surface area is 239 Å². The Morgan fingerprint density at radius 2 is 1.60 bits per heavy atom. The number of likely N-dealkylation sites (tertiary alicyclic amines) is 1. The fraction of sp³-hybridized carbons (Fsp3) is 0.387. The first kappa shape index (κ1) is 27.9. The van der Waals surface area contributed by atoms with E-state index in [1.807, 2.05) is 51.9 Å². The van der Waals surface area contributed by atoms with E-state index in [1.54, 1.807) is 0 Å². The number of H-pyrrole nitrogens is 1. The van der Waals surface area contributed by atoms with Crippen molar-refractivity contribution in [2.24, 2.45) is 5.92 Å². The molecule has 1 atom stereocenters. The summed E-state index contributed by atoms with van der Waals surface area (Å²) in [5.41, 5.74) is 2.67. The molecule has 40 heavy (non-hydrogen) atoms. The third-order valence-corrected chi connectivity index (χ3v) is 8.39. The van der Waals surface area contributed by atoms with Crippen LogP contribution in [0.5, 0.6) is 0 Å². The number of benzene rings is 3. The van der Waals surface area contributed by atoms with Gasteiger partial charge in [0.05, 0.1) is 11.0 Å². The molecule has 2 aliphatic rings. The number of imidazole rings is 1. The summed E-state index contributed by atoms with van der Waals surface area (Å²) in [5, 5.41) is 8.68. The van der Waals surface area contributed by atoms with E-state index in [2.05, 4.69) is 39.9 Å². The third-order valence-electron chi connectivity index (χ3n) is 8.39. The van der Waals surface area contributed by atoms with Crippen LogP contribution in [0, 0.1) is 5.92 Å². The molecule has 2 saturated heterocycles. The second kappa shape index (κ2) is 12.3. The first-order valence-electron chi connectivity index (χ1n) is 14.0. The zero-order chi connectivity index (χ0) is 26.8. The molecule has 2 fully saturated rings. The highest BCUT2D eigenvalue weighted by molar-refractivity contribution is 5.91. The van der Waals surface area contributed by atoms with Crippen LogP contribution in [0.3, 0.4) is 0 Å². The Bertz CT molecular complexity index is 1540. The molecule has 0 spiro atoms. The maximum absolute atomic E-state index is 14.0. The average molecular weight is 562 g/mol. The number of carbonyl (C=O) groups is 2. The van der Waals surface area contributed by atoms with Gasteiger partial charge in [-0.25, -0.2) is 4.79 Å². The smallest absolute Gasteiger partial charge is 0.326 e. The Morgan fingerprint density at radius 1 is 0.900 bits per heavy atom. The first-order valence-corrected chi connectivity index (χ1v) is 14.0. The van der Waals surface area contributed by atoms with E-state index in [0.717, 1.165) is 53.3 Å². The highest BCUT2D eigenvalue weighted by Crippen LogP contribution is 2.26. The molecule has 0 aliphatic carbocycles. The van der Waals surface area contributed by atoms with E-state index in [1.165, 1.54) is 0 Å². The number of nitrogens with zero attached hydrogens (tertiary/aromatic N) is 2. The van der Waals surface area contributed by atoms with Crippen LogP contribution in [0.25, 0.3) is 21.8 Å². The molecule has 6 rings (SSSR count). The van der Waals surface area contributed by atoms with Crippen molar-refractivity contribution in [3.8, 4) is 0 Å². The van der Waals surface area contributed by atoms with Gasteiger partial charge in [-0.15, -0.1) is 12.4 Å².